The molecule has 0 bridgehead atoms. The number of benzene rings is 2. The molecule has 1 fully saturated rings. The lowest BCUT2D eigenvalue weighted by Crippen LogP contribution is -2.40. The van der Waals surface area contributed by atoms with Gasteiger partial charge in [0.25, 0.3) is 0 Å². The van der Waals surface area contributed by atoms with Crippen LogP contribution < -0.4 is 10.6 Å². The van der Waals surface area contributed by atoms with Crippen LogP contribution >= 0.6 is 24.0 Å². The summed E-state index contributed by atoms with van der Waals surface area (Å²) in [4.78, 5) is 17.9. The standard InChI is InChI=1S/C22H28N4O.HI/c1-17(27)25-21-10-8-18(9-11-21)12-14-24-22(23-2)26-15-13-20(16-26)19-6-4-3-5-7-19;/h3-11,20H,12-16H2,1-2H3,(H,23,24)(H,25,27);1H. The maximum Gasteiger partial charge on any atom is 0.221 e. The molecule has 0 radical (unpaired) electrons. The van der Waals surface area contributed by atoms with Gasteiger partial charge in [-0.3, -0.25) is 9.79 Å². The number of halogens is 1. The summed E-state index contributed by atoms with van der Waals surface area (Å²) in [6, 6.07) is 18.7. The van der Waals surface area contributed by atoms with E-state index in [9.17, 15) is 4.79 Å². The van der Waals surface area contributed by atoms with E-state index in [4.69, 9.17) is 0 Å². The van der Waals surface area contributed by atoms with Crippen molar-refractivity contribution in [3.8, 4) is 0 Å². The fourth-order valence-electron chi connectivity index (χ4n) is 3.56. The van der Waals surface area contributed by atoms with Crippen molar-refractivity contribution in [2.75, 3.05) is 32.0 Å². The zero-order valence-electron chi connectivity index (χ0n) is 16.5. The Balaban J connectivity index is 0.00000280. The van der Waals surface area contributed by atoms with Gasteiger partial charge in [-0.2, -0.15) is 0 Å². The van der Waals surface area contributed by atoms with Gasteiger partial charge in [-0.05, 0) is 36.1 Å². The number of guanidine groups is 1. The van der Waals surface area contributed by atoms with Crippen molar-refractivity contribution in [2.45, 2.75) is 25.7 Å². The molecule has 150 valence electrons. The van der Waals surface area contributed by atoms with Crippen molar-refractivity contribution in [3.63, 3.8) is 0 Å². The van der Waals surface area contributed by atoms with Crippen LogP contribution in [0.4, 0.5) is 5.69 Å². The van der Waals surface area contributed by atoms with Gasteiger partial charge < -0.3 is 15.5 Å². The predicted octanol–water partition coefficient (Wildman–Crippen LogP) is 3.87. The number of nitrogens with zero attached hydrogens (tertiary/aromatic N) is 2. The Bertz CT molecular complexity index is 777. The zero-order valence-corrected chi connectivity index (χ0v) is 18.9. The summed E-state index contributed by atoms with van der Waals surface area (Å²) in [7, 11) is 1.85. The molecule has 1 unspecified atom stereocenters. The van der Waals surface area contributed by atoms with Gasteiger partial charge in [-0.1, -0.05) is 42.5 Å². The van der Waals surface area contributed by atoms with E-state index >= 15 is 0 Å². The number of aliphatic imine (C=N–C) groups is 1. The van der Waals surface area contributed by atoms with Crippen molar-refractivity contribution >= 4 is 41.5 Å². The second kappa shape index (κ2) is 11.0. The van der Waals surface area contributed by atoms with Crippen LogP contribution in [0.5, 0.6) is 0 Å². The molecule has 6 heteroatoms. The van der Waals surface area contributed by atoms with Gasteiger partial charge in [-0.15, -0.1) is 24.0 Å². The van der Waals surface area contributed by atoms with Gasteiger partial charge in [0.1, 0.15) is 0 Å². The number of likely N-dealkylation sites (tertiary alicyclic amines) is 1. The molecule has 1 aliphatic rings. The van der Waals surface area contributed by atoms with Crippen molar-refractivity contribution < 1.29 is 4.79 Å². The Labute approximate surface area is 184 Å². The third kappa shape index (κ3) is 6.22. The Kier molecular flexibility index (Phi) is 8.76. The van der Waals surface area contributed by atoms with Crippen LogP contribution in [0.3, 0.4) is 0 Å². The molecule has 3 rings (SSSR count). The Morgan fingerprint density at radius 3 is 2.50 bits per heavy atom. The second-order valence-corrected chi connectivity index (χ2v) is 6.94. The van der Waals surface area contributed by atoms with Gasteiger partial charge in [-0.25, -0.2) is 0 Å². The number of rotatable bonds is 5. The Morgan fingerprint density at radius 2 is 1.86 bits per heavy atom. The number of carbonyl (C=O) groups excluding carboxylic acids is 1. The molecule has 0 aliphatic carbocycles. The average molecular weight is 492 g/mol. The van der Waals surface area contributed by atoms with E-state index in [1.807, 2.05) is 19.2 Å². The van der Waals surface area contributed by atoms with Crippen molar-refractivity contribution in [1.29, 1.82) is 0 Å². The molecule has 0 spiro atoms. The van der Waals surface area contributed by atoms with Gasteiger partial charge in [0.15, 0.2) is 5.96 Å². The molecular formula is C22H29IN4O. The van der Waals surface area contributed by atoms with E-state index in [-0.39, 0.29) is 29.9 Å². The molecule has 2 aromatic carbocycles. The summed E-state index contributed by atoms with van der Waals surface area (Å²) in [5, 5.41) is 6.27. The molecule has 1 amide bonds. The minimum atomic E-state index is -0.0485. The summed E-state index contributed by atoms with van der Waals surface area (Å²) < 4.78 is 0. The number of carbonyl (C=O) groups is 1. The highest BCUT2D eigenvalue weighted by Crippen LogP contribution is 2.26. The number of nitrogens with one attached hydrogen (secondary N) is 2. The van der Waals surface area contributed by atoms with E-state index in [0.717, 1.165) is 44.1 Å². The molecule has 1 atom stereocenters. The normalized spacial score (nSPS) is 16.4. The predicted molar refractivity (Wildman–Crippen MR) is 127 cm³/mol. The highest BCUT2D eigenvalue weighted by molar-refractivity contribution is 14.0. The summed E-state index contributed by atoms with van der Waals surface area (Å²) in [6.07, 6.45) is 2.07. The van der Waals surface area contributed by atoms with Crippen LogP contribution in [-0.4, -0.2) is 43.4 Å². The Morgan fingerprint density at radius 1 is 1.14 bits per heavy atom. The van der Waals surface area contributed by atoms with E-state index in [2.05, 4.69) is 63.0 Å². The molecule has 0 aromatic heterocycles. The lowest BCUT2D eigenvalue weighted by Gasteiger charge is -2.22. The van der Waals surface area contributed by atoms with Crippen LogP contribution in [0.1, 0.15) is 30.4 Å². The minimum Gasteiger partial charge on any atom is -0.356 e. The molecule has 5 nitrogen and oxygen atoms in total. The van der Waals surface area contributed by atoms with Crippen LogP contribution in [0.2, 0.25) is 0 Å². The molecule has 2 N–H and O–H groups in total. The lowest BCUT2D eigenvalue weighted by molar-refractivity contribution is -0.114. The second-order valence-electron chi connectivity index (χ2n) is 6.94. The smallest absolute Gasteiger partial charge is 0.221 e. The molecule has 0 saturated carbocycles. The lowest BCUT2D eigenvalue weighted by atomic mass is 9.99. The molecular weight excluding hydrogens is 463 g/mol. The SMILES string of the molecule is CN=C(NCCc1ccc(NC(C)=O)cc1)N1CCC(c2ccccc2)C1.I. The fourth-order valence-corrected chi connectivity index (χ4v) is 3.56. The van der Waals surface area contributed by atoms with Crippen LogP contribution in [-0.2, 0) is 11.2 Å². The summed E-state index contributed by atoms with van der Waals surface area (Å²) in [5.41, 5.74) is 3.48. The van der Waals surface area contributed by atoms with E-state index < -0.39 is 0 Å². The first-order valence-electron chi connectivity index (χ1n) is 9.53. The van der Waals surface area contributed by atoms with Gasteiger partial charge in [0, 0.05) is 45.2 Å². The quantitative estimate of drug-likeness (QED) is 0.379. The minimum absolute atomic E-state index is 0. The van der Waals surface area contributed by atoms with Crippen molar-refractivity contribution in [1.82, 2.24) is 10.2 Å². The molecule has 1 saturated heterocycles. The molecule has 2 aromatic rings. The van der Waals surface area contributed by atoms with Crippen LogP contribution in [0.15, 0.2) is 59.6 Å². The third-order valence-corrected chi connectivity index (χ3v) is 4.94. The molecule has 1 heterocycles. The first-order chi connectivity index (χ1) is 13.2. The Hall–Kier alpha value is -2.09. The highest BCUT2D eigenvalue weighted by Gasteiger charge is 2.25. The number of amides is 1. The number of hydrogen-bond donors (Lipinski definition) is 2. The topological polar surface area (TPSA) is 56.7 Å². The van der Waals surface area contributed by atoms with E-state index in [0.29, 0.717) is 5.92 Å². The summed E-state index contributed by atoms with van der Waals surface area (Å²) in [5.74, 6) is 1.50. The first kappa shape index (κ1) is 22.2. The summed E-state index contributed by atoms with van der Waals surface area (Å²) >= 11 is 0. The number of hydrogen-bond acceptors (Lipinski definition) is 2. The monoisotopic (exact) mass is 492 g/mol. The summed E-state index contributed by atoms with van der Waals surface area (Å²) in [6.45, 7) is 4.39. The van der Waals surface area contributed by atoms with Crippen LogP contribution in [0, 0.1) is 0 Å². The van der Waals surface area contributed by atoms with E-state index in [1.54, 1.807) is 0 Å². The maximum atomic E-state index is 11.1. The van der Waals surface area contributed by atoms with Crippen LogP contribution in [0.25, 0.3) is 0 Å². The van der Waals surface area contributed by atoms with Crippen molar-refractivity contribution in [3.05, 3.63) is 65.7 Å². The molecule has 28 heavy (non-hydrogen) atoms. The van der Waals surface area contributed by atoms with E-state index in [1.165, 1.54) is 18.1 Å². The third-order valence-electron chi connectivity index (χ3n) is 4.94. The van der Waals surface area contributed by atoms with Crippen molar-refractivity contribution in [2.24, 2.45) is 4.99 Å². The molecule has 1 aliphatic heterocycles. The van der Waals surface area contributed by atoms with Gasteiger partial charge in [0.2, 0.25) is 5.91 Å². The fraction of sp³-hybridized carbons (Fsp3) is 0.364. The van der Waals surface area contributed by atoms with Gasteiger partial charge in [0.05, 0.1) is 0 Å². The van der Waals surface area contributed by atoms with Gasteiger partial charge >= 0.3 is 0 Å². The maximum absolute atomic E-state index is 11.1. The largest absolute Gasteiger partial charge is 0.356 e. The first-order valence-corrected chi connectivity index (χ1v) is 9.53. The average Bonchev–Trinajstić information content (AvgIpc) is 3.17. The number of anilines is 1. The highest BCUT2D eigenvalue weighted by atomic mass is 127. The zero-order chi connectivity index (χ0) is 19.1.